The highest BCUT2D eigenvalue weighted by Gasteiger charge is 2.00. The highest BCUT2D eigenvalue weighted by molar-refractivity contribution is 5.26. The van der Waals surface area contributed by atoms with Crippen molar-refractivity contribution in [1.29, 1.82) is 0 Å². The maximum Gasteiger partial charge on any atom is 0.126 e. The average Bonchev–Trinajstić information content (AvgIpc) is 2.23. The standard InChI is InChI=1S/C13H10F/c14-13-9-5-4-8-12(13)10-11-6-2-1-3-7-11/h1-2,4-9H,10H2. The van der Waals surface area contributed by atoms with Crippen LogP contribution in [-0.4, -0.2) is 0 Å². The molecule has 2 aromatic rings. The molecule has 0 atom stereocenters. The third kappa shape index (κ3) is 1.99. The van der Waals surface area contributed by atoms with Gasteiger partial charge in [0, 0.05) is 6.42 Å². The minimum Gasteiger partial charge on any atom is -0.207 e. The lowest BCUT2D eigenvalue weighted by atomic mass is 10.0. The molecule has 0 unspecified atom stereocenters. The van der Waals surface area contributed by atoms with E-state index >= 15 is 0 Å². The molecule has 0 spiro atoms. The van der Waals surface area contributed by atoms with Crippen LogP contribution in [0.25, 0.3) is 0 Å². The first-order valence-electron chi connectivity index (χ1n) is 4.54. The van der Waals surface area contributed by atoms with Crippen molar-refractivity contribution in [3.05, 3.63) is 71.5 Å². The van der Waals surface area contributed by atoms with E-state index in [1.54, 1.807) is 6.07 Å². The van der Waals surface area contributed by atoms with E-state index < -0.39 is 0 Å². The molecule has 0 aliphatic heterocycles. The van der Waals surface area contributed by atoms with E-state index in [9.17, 15) is 4.39 Å². The Balaban J connectivity index is 2.24. The van der Waals surface area contributed by atoms with Crippen molar-refractivity contribution in [3.8, 4) is 0 Å². The first-order chi connectivity index (χ1) is 6.86. The van der Waals surface area contributed by atoms with E-state index in [0.29, 0.717) is 6.42 Å². The molecular formula is C13H10F. The molecule has 0 N–H and O–H groups in total. The van der Waals surface area contributed by atoms with Crippen molar-refractivity contribution in [3.63, 3.8) is 0 Å². The lowest BCUT2D eigenvalue weighted by Gasteiger charge is -2.02. The molecule has 69 valence electrons. The molecule has 14 heavy (non-hydrogen) atoms. The summed E-state index contributed by atoms with van der Waals surface area (Å²) in [5.41, 5.74) is 1.81. The second kappa shape index (κ2) is 4.05. The van der Waals surface area contributed by atoms with Crippen LogP contribution in [0.5, 0.6) is 0 Å². The predicted octanol–water partition coefficient (Wildman–Crippen LogP) is 3.22. The summed E-state index contributed by atoms with van der Waals surface area (Å²) in [4.78, 5) is 0. The monoisotopic (exact) mass is 185 g/mol. The molecule has 0 aliphatic carbocycles. The predicted molar refractivity (Wildman–Crippen MR) is 54.5 cm³/mol. The summed E-state index contributed by atoms with van der Waals surface area (Å²) in [5, 5.41) is 0. The smallest absolute Gasteiger partial charge is 0.126 e. The molecule has 1 heteroatoms. The van der Waals surface area contributed by atoms with Crippen molar-refractivity contribution in [2.45, 2.75) is 6.42 Å². The van der Waals surface area contributed by atoms with Crippen molar-refractivity contribution < 1.29 is 4.39 Å². The fourth-order valence-electron chi connectivity index (χ4n) is 1.40. The number of benzene rings is 2. The third-order valence-corrected chi connectivity index (χ3v) is 2.12. The van der Waals surface area contributed by atoms with Crippen LogP contribution >= 0.6 is 0 Å². The molecule has 2 rings (SSSR count). The molecule has 0 nitrogen and oxygen atoms in total. The largest absolute Gasteiger partial charge is 0.207 e. The third-order valence-electron chi connectivity index (χ3n) is 2.12. The Bertz CT molecular complexity index is 407. The number of hydrogen-bond acceptors (Lipinski definition) is 0. The van der Waals surface area contributed by atoms with E-state index in [-0.39, 0.29) is 5.82 Å². The lowest BCUT2D eigenvalue weighted by Crippen LogP contribution is -1.91. The summed E-state index contributed by atoms with van der Waals surface area (Å²) in [6.45, 7) is 0. The van der Waals surface area contributed by atoms with Crippen molar-refractivity contribution in [2.75, 3.05) is 0 Å². The maximum absolute atomic E-state index is 13.3. The molecular weight excluding hydrogens is 175 g/mol. The van der Waals surface area contributed by atoms with Gasteiger partial charge in [0.05, 0.1) is 0 Å². The molecule has 0 saturated carbocycles. The topological polar surface area (TPSA) is 0 Å². The van der Waals surface area contributed by atoms with Gasteiger partial charge in [0.25, 0.3) is 0 Å². The normalized spacial score (nSPS) is 10.1. The van der Waals surface area contributed by atoms with Crippen LogP contribution in [0.4, 0.5) is 4.39 Å². The minimum absolute atomic E-state index is 0.142. The van der Waals surface area contributed by atoms with Gasteiger partial charge in [-0.05, 0) is 23.3 Å². The molecule has 2 aromatic carbocycles. The Morgan fingerprint density at radius 2 is 1.93 bits per heavy atom. The Morgan fingerprint density at radius 1 is 1.07 bits per heavy atom. The van der Waals surface area contributed by atoms with E-state index in [1.807, 2.05) is 36.4 Å². The SMILES string of the molecule is Fc1ccccc1Cc1c[c]ccc1. The van der Waals surface area contributed by atoms with Gasteiger partial charge in [-0.2, -0.15) is 0 Å². The highest BCUT2D eigenvalue weighted by Crippen LogP contribution is 2.12. The summed E-state index contributed by atoms with van der Waals surface area (Å²) in [7, 11) is 0. The van der Waals surface area contributed by atoms with Gasteiger partial charge in [0.15, 0.2) is 0 Å². The molecule has 1 radical (unpaired) electrons. The number of rotatable bonds is 2. The van der Waals surface area contributed by atoms with E-state index in [0.717, 1.165) is 11.1 Å². The molecule has 0 bridgehead atoms. The zero-order valence-corrected chi connectivity index (χ0v) is 7.70. The van der Waals surface area contributed by atoms with E-state index in [2.05, 4.69) is 6.07 Å². The first-order valence-corrected chi connectivity index (χ1v) is 4.54. The van der Waals surface area contributed by atoms with Crippen LogP contribution < -0.4 is 0 Å². The highest BCUT2D eigenvalue weighted by atomic mass is 19.1. The van der Waals surface area contributed by atoms with Gasteiger partial charge in [-0.15, -0.1) is 0 Å². The Kier molecular flexibility index (Phi) is 2.59. The van der Waals surface area contributed by atoms with Gasteiger partial charge in [-0.1, -0.05) is 42.5 Å². The summed E-state index contributed by atoms with van der Waals surface area (Å²) in [6.07, 6.45) is 0.629. The molecule has 0 aromatic heterocycles. The van der Waals surface area contributed by atoms with Crippen LogP contribution in [0.15, 0.2) is 48.5 Å². The van der Waals surface area contributed by atoms with Crippen LogP contribution in [-0.2, 0) is 6.42 Å². The van der Waals surface area contributed by atoms with Crippen molar-refractivity contribution in [2.24, 2.45) is 0 Å². The molecule has 0 aliphatic rings. The van der Waals surface area contributed by atoms with Crippen molar-refractivity contribution in [1.82, 2.24) is 0 Å². The van der Waals surface area contributed by atoms with Gasteiger partial charge in [-0.25, -0.2) is 4.39 Å². The number of hydrogen-bond donors (Lipinski definition) is 0. The minimum atomic E-state index is -0.142. The summed E-state index contributed by atoms with van der Waals surface area (Å²) in [6, 6.07) is 17.4. The maximum atomic E-state index is 13.3. The van der Waals surface area contributed by atoms with Crippen LogP contribution in [0, 0.1) is 11.9 Å². The number of halogens is 1. The lowest BCUT2D eigenvalue weighted by molar-refractivity contribution is 0.614. The fourth-order valence-corrected chi connectivity index (χ4v) is 1.40. The van der Waals surface area contributed by atoms with Crippen LogP contribution in [0.3, 0.4) is 0 Å². The van der Waals surface area contributed by atoms with Crippen LogP contribution in [0.1, 0.15) is 11.1 Å². The molecule has 0 fully saturated rings. The van der Waals surface area contributed by atoms with Gasteiger partial charge < -0.3 is 0 Å². The van der Waals surface area contributed by atoms with Gasteiger partial charge in [0.2, 0.25) is 0 Å². The average molecular weight is 185 g/mol. The molecule has 0 amide bonds. The summed E-state index contributed by atoms with van der Waals surface area (Å²) in [5.74, 6) is -0.142. The molecule has 0 heterocycles. The Hall–Kier alpha value is -1.63. The second-order valence-electron chi connectivity index (χ2n) is 3.18. The molecule has 0 saturated heterocycles. The van der Waals surface area contributed by atoms with E-state index in [1.165, 1.54) is 6.07 Å². The van der Waals surface area contributed by atoms with Crippen molar-refractivity contribution >= 4 is 0 Å². The summed E-state index contributed by atoms with van der Waals surface area (Å²) >= 11 is 0. The Morgan fingerprint density at radius 3 is 2.64 bits per heavy atom. The van der Waals surface area contributed by atoms with Gasteiger partial charge in [0.1, 0.15) is 5.82 Å². The zero-order chi connectivity index (χ0) is 9.80. The summed E-state index contributed by atoms with van der Waals surface area (Å²) < 4.78 is 13.3. The zero-order valence-electron chi connectivity index (χ0n) is 7.70. The van der Waals surface area contributed by atoms with Crippen LogP contribution in [0.2, 0.25) is 0 Å². The van der Waals surface area contributed by atoms with Gasteiger partial charge >= 0.3 is 0 Å². The van der Waals surface area contributed by atoms with Gasteiger partial charge in [-0.3, -0.25) is 0 Å². The quantitative estimate of drug-likeness (QED) is 0.674. The first kappa shape index (κ1) is 8.95. The van der Waals surface area contributed by atoms with E-state index in [4.69, 9.17) is 0 Å². The Labute approximate surface area is 83.0 Å². The second-order valence-corrected chi connectivity index (χ2v) is 3.18. The fraction of sp³-hybridized carbons (Fsp3) is 0.0769.